The molecule has 2 fully saturated rings. The molecule has 1 saturated carbocycles. The molecule has 0 bridgehead atoms. The van der Waals surface area contributed by atoms with E-state index in [-0.39, 0.29) is 18.5 Å². The Bertz CT molecular complexity index is 2140. The number of carbonyl (C=O) groups excluding carboxylic acids is 1. The third-order valence-corrected chi connectivity index (χ3v) is 10.6. The van der Waals surface area contributed by atoms with Gasteiger partial charge < -0.3 is 35.6 Å². The zero-order chi connectivity index (χ0) is 37.2. The van der Waals surface area contributed by atoms with Crippen LogP contribution < -0.4 is 16.0 Å². The van der Waals surface area contributed by atoms with Gasteiger partial charge in [0.15, 0.2) is 22.8 Å². The number of nitrogens with two attached hydrogens (primary N) is 1. The number of anilines is 2. The topological polar surface area (TPSA) is 202 Å². The van der Waals surface area contributed by atoms with E-state index in [1.807, 2.05) is 71.0 Å². The monoisotopic (exact) mass is 729 g/mol. The lowest BCUT2D eigenvalue weighted by Crippen LogP contribution is -2.44. The first-order valence-electron chi connectivity index (χ1n) is 18.3. The first-order valence-corrected chi connectivity index (χ1v) is 18.3. The summed E-state index contributed by atoms with van der Waals surface area (Å²) in [6, 6.07) is 24.3. The number of nitrogens with zero attached hydrogens (tertiary/aromatic N) is 11. The molecule has 2 amide bonds. The molecule has 1 unspecified atom stereocenters. The summed E-state index contributed by atoms with van der Waals surface area (Å²) < 4.78 is 1.81. The van der Waals surface area contributed by atoms with Crippen molar-refractivity contribution in [2.24, 2.45) is 5.73 Å². The summed E-state index contributed by atoms with van der Waals surface area (Å²) in [6.07, 6.45) is 2.64. The number of rotatable bonds is 12. The Kier molecular flexibility index (Phi) is 9.84. The predicted octanol–water partition coefficient (Wildman–Crippen LogP) is 3.08. The zero-order valence-corrected chi connectivity index (χ0v) is 29.9. The summed E-state index contributed by atoms with van der Waals surface area (Å²) in [5.41, 5.74) is 9.98. The highest BCUT2D eigenvalue weighted by Crippen LogP contribution is 2.40. The molecule has 1 saturated heterocycles. The van der Waals surface area contributed by atoms with Crippen LogP contribution in [0, 0.1) is 0 Å². The number of urea groups is 1. The van der Waals surface area contributed by atoms with Crippen molar-refractivity contribution in [3.63, 3.8) is 0 Å². The summed E-state index contributed by atoms with van der Waals surface area (Å²) in [7, 11) is 0. The van der Waals surface area contributed by atoms with Crippen LogP contribution in [0.1, 0.15) is 60.4 Å². The van der Waals surface area contributed by atoms with E-state index in [4.69, 9.17) is 20.7 Å². The summed E-state index contributed by atoms with van der Waals surface area (Å²) in [5.74, 6) is 1.54. The summed E-state index contributed by atoms with van der Waals surface area (Å²) in [6.45, 7) is 3.77. The van der Waals surface area contributed by atoms with Crippen LogP contribution in [0.5, 0.6) is 0 Å². The van der Waals surface area contributed by atoms with Gasteiger partial charge in [0.2, 0.25) is 5.95 Å². The van der Waals surface area contributed by atoms with Gasteiger partial charge in [0.25, 0.3) is 0 Å². The fraction of sp³-hybridized carbons (Fsp3) is 0.368. The average molecular weight is 730 g/mol. The Morgan fingerprint density at radius 1 is 0.963 bits per heavy atom. The van der Waals surface area contributed by atoms with Crippen molar-refractivity contribution in [2.75, 3.05) is 29.9 Å². The average Bonchev–Trinajstić information content (AvgIpc) is 4.02. The fourth-order valence-corrected chi connectivity index (χ4v) is 7.67. The number of primary amides is 1. The lowest BCUT2D eigenvalue weighted by atomic mass is 9.91. The molecule has 5 N–H and O–H groups in total. The minimum Gasteiger partial charge on any atom is -0.388 e. The number of aliphatic hydroxyl groups excluding tert-OH is 2. The first kappa shape index (κ1) is 35.1. The highest BCUT2D eigenvalue weighted by atomic mass is 16.3. The van der Waals surface area contributed by atoms with Gasteiger partial charge in [-0.2, -0.15) is 14.8 Å². The molecule has 8 rings (SSSR count). The number of amides is 2. The van der Waals surface area contributed by atoms with Crippen LogP contribution in [0.25, 0.3) is 11.2 Å². The predicted molar refractivity (Wildman–Crippen MR) is 200 cm³/mol. The molecule has 1 aliphatic heterocycles. The maximum atomic E-state index is 12.7. The largest absolute Gasteiger partial charge is 0.388 e. The number of aliphatic hydroxyl groups is 2. The molecule has 0 radical (unpaired) electrons. The van der Waals surface area contributed by atoms with Crippen molar-refractivity contribution < 1.29 is 15.0 Å². The normalized spacial score (nSPS) is 21.3. The number of fused-ring (bicyclic) bond motifs is 1. The molecule has 278 valence electrons. The maximum absolute atomic E-state index is 12.7. The summed E-state index contributed by atoms with van der Waals surface area (Å²) in [5, 5.41) is 38.9. The van der Waals surface area contributed by atoms with Crippen LogP contribution in [0.3, 0.4) is 0 Å². The van der Waals surface area contributed by atoms with Gasteiger partial charge in [-0.05, 0) is 41.3 Å². The molecule has 2 aliphatic rings. The van der Waals surface area contributed by atoms with Crippen molar-refractivity contribution in [2.45, 2.75) is 69.0 Å². The molecule has 16 nitrogen and oxygen atoms in total. The van der Waals surface area contributed by atoms with E-state index in [9.17, 15) is 15.0 Å². The number of aromatic nitrogens is 9. The number of hydrogen-bond acceptors (Lipinski definition) is 12. The molecule has 5 atom stereocenters. The summed E-state index contributed by atoms with van der Waals surface area (Å²) >= 11 is 0. The van der Waals surface area contributed by atoms with E-state index in [1.165, 1.54) is 4.80 Å². The van der Waals surface area contributed by atoms with Crippen LogP contribution in [0.2, 0.25) is 0 Å². The number of carbonyl (C=O) groups is 1. The Morgan fingerprint density at radius 3 is 2.35 bits per heavy atom. The van der Waals surface area contributed by atoms with Gasteiger partial charge in [0.05, 0.1) is 30.6 Å². The second kappa shape index (κ2) is 15.2. The van der Waals surface area contributed by atoms with Gasteiger partial charge in [0, 0.05) is 38.2 Å². The summed E-state index contributed by atoms with van der Waals surface area (Å²) in [4.78, 5) is 37.1. The Hall–Kier alpha value is -6.00. The van der Waals surface area contributed by atoms with Crippen molar-refractivity contribution in [3.05, 3.63) is 114 Å². The van der Waals surface area contributed by atoms with Gasteiger partial charge >= 0.3 is 6.03 Å². The van der Waals surface area contributed by atoms with Crippen LogP contribution in [0.15, 0.2) is 91.4 Å². The van der Waals surface area contributed by atoms with E-state index in [0.717, 1.165) is 16.8 Å². The highest BCUT2D eigenvalue weighted by molar-refractivity contribution is 5.84. The molecular weight excluding hydrogens is 687 g/mol. The van der Waals surface area contributed by atoms with E-state index < -0.39 is 30.3 Å². The zero-order valence-electron chi connectivity index (χ0n) is 29.9. The number of hydrogen-bond donors (Lipinski definition) is 4. The molecule has 54 heavy (non-hydrogen) atoms. The number of tetrazole rings is 1. The fourth-order valence-electron chi connectivity index (χ4n) is 7.67. The van der Waals surface area contributed by atoms with Gasteiger partial charge in [-0.25, -0.2) is 9.78 Å². The van der Waals surface area contributed by atoms with Crippen LogP contribution in [-0.2, 0) is 13.0 Å². The minimum absolute atomic E-state index is 0.00518. The van der Waals surface area contributed by atoms with Gasteiger partial charge in [0.1, 0.15) is 18.2 Å². The minimum atomic E-state index is -1.15. The molecule has 2 aromatic carbocycles. The van der Waals surface area contributed by atoms with E-state index >= 15 is 0 Å². The lowest BCUT2D eigenvalue weighted by molar-refractivity contribution is 0.00473. The Morgan fingerprint density at radius 2 is 1.69 bits per heavy atom. The highest BCUT2D eigenvalue weighted by Gasteiger charge is 2.45. The molecule has 0 spiro atoms. The van der Waals surface area contributed by atoms with Gasteiger partial charge in [-0.3, -0.25) is 4.98 Å². The first-order chi connectivity index (χ1) is 26.4. The van der Waals surface area contributed by atoms with Crippen molar-refractivity contribution in [1.82, 2.24) is 49.6 Å². The molecule has 1 aliphatic carbocycles. The lowest BCUT2D eigenvalue weighted by Gasteiger charge is -2.27. The standard InChI is InChI=1S/C38H43N13O3/c1-2-31-45-47-51(46-31)30-19-29(33(52)34(30)53)50-23-42-32-35(41-20-28(24-11-5-3-6-12-24)25-13-7-4-8-14-25)43-38(44-36(32)50)48-18-16-27(22-48)49(37(39)54)21-26-15-9-10-17-40-26/h3-15,17,23,27-30,33-34,52-53H,2,16,18-22H2,1H3,(H2,39,54)(H,41,43,44)/t27?,29-,30+,33+,34-/m1/s1. The molecule has 5 heterocycles. The number of imidazole rings is 1. The number of benzene rings is 2. The number of aryl methyl sites for hydroxylation is 1. The van der Waals surface area contributed by atoms with Crippen molar-refractivity contribution >= 4 is 29.0 Å². The maximum Gasteiger partial charge on any atom is 0.315 e. The quantitative estimate of drug-likeness (QED) is 0.144. The Labute approximate surface area is 311 Å². The SMILES string of the molecule is CCc1nnn([C@H]2C[C@@H](n3cnc4c(NCC(c5ccccc5)c5ccccc5)nc(N5CCC(N(Cc6ccccn6)C(N)=O)C5)nc43)[C@H](O)[C@@H]2O)n1. The second-order valence-corrected chi connectivity index (χ2v) is 13.9. The second-order valence-electron chi connectivity index (χ2n) is 13.9. The molecule has 4 aromatic heterocycles. The molecular formula is C38H43N13O3. The van der Waals surface area contributed by atoms with Crippen LogP contribution in [0.4, 0.5) is 16.6 Å². The van der Waals surface area contributed by atoms with Crippen molar-refractivity contribution in [1.29, 1.82) is 0 Å². The number of pyridine rings is 1. The van der Waals surface area contributed by atoms with E-state index in [2.05, 4.69) is 50.0 Å². The third kappa shape index (κ3) is 6.92. The molecule has 16 heteroatoms. The molecule has 6 aromatic rings. The number of nitrogens with one attached hydrogen (secondary N) is 1. The third-order valence-electron chi connectivity index (χ3n) is 10.6. The smallest absolute Gasteiger partial charge is 0.315 e. The van der Waals surface area contributed by atoms with Crippen LogP contribution >= 0.6 is 0 Å². The Balaban J connectivity index is 1.14. The van der Waals surface area contributed by atoms with Crippen LogP contribution in [-0.4, -0.2) is 104 Å². The van der Waals surface area contributed by atoms with E-state index in [0.29, 0.717) is 67.7 Å². The van der Waals surface area contributed by atoms with Gasteiger partial charge in [-0.1, -0.05) is 73.7 Å². The van der Waals surface area contributed by atoms with E-state index in [1.54, 1.807) is 17.4 Å². The van der Waals surface area contributed by atoms with Gasteiger partial charge in [-0.15, -0.1) is 10.2 Å². The van der Waals surface area contributed by atoms with Crippen molar-refractivity contribution in [3.8, 4) is 0 Å².